The van der Waals surface area contributed by atoms with Crippen LogP contribution in [0.2, 0.25) is 5.28 Å². The number of halogens is 1. The maximum Gasteiger partial charge on any atom is 0.331 e. The molecule has 19 heavy (non-hydrogen) atoms. The van der Waals surface area contributed by atoms with E-state index in [4.69, 9.17) is 16.3 Å². The molecule has 0 aliphatic heterocycles. The van der Waals surface area contributed by atoms with Gasteiger partial charge in [0, 0.05) is 5.56 Å². The van der Waals surface area contributed by atoms with Gasteiger partial charge in [-0.25, -0.2) is 14.8 Å². The highest BCUT2D eigenvalue weighted by Gasteiger charge is 2.31. The van der Waals surface area contributed by atoms with Crippen LogP contribution in [0.5, 0.6) is 0 Å². The second kappa shape index (κ2) is 5.33. The van der Waals surface area contributed by atoms with E-state index in [2.05, 4.69) is 15.3 Å². The van der Waals surface area contributed by atoms with E-state index in [0.717, 1.165) is 30.5 Å². The van der Waals surface area contributed by atoms with Crippen molar-refractivity contribution in [3.8, 4) is 0 Å². The number of carbonyl (C=O) groups is 1. The Kier molecular flexibility index (Phi) is 3.94. The minimum atomic E-state index is -0.843. The summed E-state index contributed by atoms with van der Waals surface area (Å²) in [5.74, 6) is 0.335. The number of fused-ring (bicyclic) bond motifs is 1. The fraction of sp³-hybridized carbons (Fsp3) is 0.615. The van der Waals surface area contributed by atoms with Crippen molar-refractivity contribution < 1.29 is 9.53 Å². The zero-order valence-electron chi connectivity index (χ0n) is 11.4. The molecule has 0 saturated heterocycles. The highest BCUT2D eigenvalue weighted by atomic mass is 35.5. The largest absolute Gasteiger partial charge is 0.464 e. The van der Waals surface area contributed by atoms with Crippen LogP contribution in [0.25, 0.3) is 0 Å². The Labute approximate surface area is 117 Å². The molecule has 1 aromatic heterocycles. The molecule has 0 fully saturated rings. The van der Waals surface area contributed by atoms with Gasteiger partial charge in [-0.3, -0.25) is 0 Å². The minimum absolute atomic E-state index is 0.211. The van der Waals surface area contributed by atoms with Crippen LogP contribution in [0.4, 0.5) is 5.82 Å². The van der Waals surface area contributed by atoms with Gasteiger partial charge in [0.05, 0.1) is 12.3 Å². The summed E-state index contributed by atoms with van der Waals surface area (Å²) in [5, 5.41) is 3.34. The number of aromatic nitrogens is 2. The van der Waals surface area contributed by atoms with Crippen LogP contribution in [0.1, 0.15) is 38.4 Å². The summed E-state index contributed by atoms with van der Waals surface area (Å²) in [6.07, 6.45) is 2.86. The van der Waals surface area contributed by atoms with Crippen molar-refractivity contribution in [2.75, 3.05) is 11.9 Å². The Morgan fingerprint density at radius 3 is 2.84 bits per heavy atom. The number of esters is 1. The molecular weight excluding hydrogens is 266 g/mol. The fourth-order valence-electron chi connectivity index (χ4n) is 2.16. The molecule has 5 nitrogen and oxygen atoms in total. The van der Waals surface area contributed by atoms with Crippen LogP contribution in [-0.4, -0.2) is 28.1 Å². The predicted octanol–water partition coefficient (Wildman–Crippen LogP) is 2.37. The molecule has 1 aliphatic carbocycles. The van der Waals surface area contributed by atoms with E-state index in [0.29, 0.717) is 12.4 Å². The fourth-order valence-corrected chi connectivity index (χ4v) is 2.35. The predicted molar refractivity (Wildman–Crippen MR) is 73.4 cm³/mol. The molecule has 0 atom stereocenters. The van der Waals surface area contributed by atoms with Crippen molar-refractivity contribution in [3.63, 3.8) is 0 Å². The average molecular weight is 284 g/mol. The summed E-state index contributed by atoms with van der Waals surface area (Å²) in [6, 6.07) is 0. The summed E-state index contributed by atoms with van der Waals surface area (Å²) < 4.78 is 5.05. The molecular formula is C13H18ClN3O2. The van der Waals surface area contributed by atoms with Gasteiger partial charge in [0.25, 0.3) is 0 Å². The summed E-state index contributed by atoms with van der Waals surface area (Å²) >= 11 is 5.92. The molecule has 0 amide bonds. The zero-order chi connectivity index (χ0) is 14.0. The first-order valence-electron chi connectivity index (χ1n) is 6.44. The Hall–Kier alpha value is -1.36. The van der Waals surface area contributed by atoms with Gasteiger partial charge in [0.15, 0.2) is 0 Å². The highest BCUT2D eigenvalue weighted by Crippen LogP contribution is 2.29. The molecule has 0 unspecified atom stereocenters. The van der Waals surface area contributed by atoms with Crippen molar-refractivity contribution in [1.29, 1.82) is 0 Å². The highest BCUT2D eigenvalue weighted by molar-refractivity contribution is 6.28. The van der Waals surface area contributed by atoms with Gasteiger partial charge in [-0.1, -0.05) is 0 Å². The molecule has 1 N–H and O–H groups in total. The summed E-state index contributed by atoms with van der Waals surface area (Å²) in [7, 11) is 0. The number of ether oxygens (including phenoxy) is 1. The number of aryl methyl sites for hydroxylation is 1. The van der Waals surface area contributed by atoms with Gasteiger partial charge in [-0.2, -0.15) is 0 Å². The molecule has 0 radical (unpaired) electrons. The van der Waals surface area contributed by atoms with Crippen LogP contribution in [0.15, 0.2) is 0 Å². The smallest absolute Gasteiger partial charge is 0.331 e. The van der Waals surface area contributed by atoms with E-state index in [1.54, 1.807) is 20.8 Å². The van der Waals surface area contributed by atoms with Crippen molar-refractivity contribution in [2.24, 2.45) is 0 Å². The normalized spacial score (nSPS) is 14.1. The Balaban J connectivity index is 2.26. The van der Waals surface area contributed by atoms with E-state index in [1.165, 1.54) is 0 Å². The Bertz CT molecular complexity index is 503. The molecule has 1 aromatic rings. The Morgan fingerprint density at radius 2 is 2.16 bits per heavy atom. The molecule has 104 valence electrons. The van der Waals surface area contributed by atoms with Crippen molar-refractivity contribution >= 4 is 23.4 Å². The van der Waals surface area contributed by atoms with E-state index >= 15 is 0 Å². The van der Waals surface area contributed by atoms with Gasteiger partial charge in [0.2, 0.25) is 5.28 Å². The third-order valence-corrected chi connectivity index (χ3v) is 3.29. The molecule has 1 heterocycles. The maximum absolute atomic E-state index is 11.9. The summed E-state index contributed by atoms with van der Waals surface area (Å²) in [6.45, 7) is 5.67. The first-order valence-corrected chi connectivity index (χ1v) is 6.82. The first kappa shape index (κ1) is 14.1. The van der Waals surface area contributed by atoms with E-state index in [9.17, 15) is 4.79 Å². The van der Waals surface area contributed by atoms with E-state index in [1.807, 2.05) is 0 Å². The van der Waals surface area contributed by atoms with E-state index < -0.39 is 5.54 Å². The maximum atomic E-state index is 11.9. The van der Waals surface area contributed by atoms with Crippen molar-refractivity contribution in [2.45, 2.75) is 45.6 Å². The lowest BCUT2D eigenvalue weighted by molar-refractivity contribution is -0.147. The second-order valence-electron chi connectivity index (χ2n) is 5.09. The van der Waals surface area contributed by atoms with Crippen LogP contribution >= 0.6 is 11.6 Å². The lowest BCUT2D eigenvalue weighted by Gasteiger charge is -2.25. The van der Waals surface area contributed by atoms with Crippen molar-refractivity contribution in [3.05, 3.63) is 16.5 Å². The SMILES string of the molecule is CCOC(=O)C(C)(C)Nc1nc(Cl)nc2c1CCC2. The summed E-state index contributed by atoms with van der Waals surface area (Å²) in [5.41, 5.74) is 1.19. The van der Waals surface area contributed by atoms with Gasteiger partial charge in [-0.05, 0) is 51.6 Å². The number of carbonyl (C=O) groups excluding carboxylic acids is 1. The number of anilines is 1. The van der Waals surface area contributed by atoms with Gasteiger partial charge in [-0.15, -0.1) is 0 Å². The standard InChI is InChI=1S/C13H18ClN3O2/c1-4-19-11(18)13(2,3)17-10-8-6-5-7-9(8)15-12(14)16-10/h4-7H2,1-3H3,(H,15,16,17). The lowest BCUT2D eigenvalue weighted by atomic mass is 10.1. The van der Waals surface area contributed by atoms with Gasteiger partial charge >= 0.3 is 5.97 Å². The van der Waals surface area contributed by atoms with Crippen LogP contribution in [0.3, 0.4) is 0 Å². The molecule has 6 heteroatoms. The molecule has 0 aromatic carbocycles. The second-order valence-corrected chi connectivity index (χ2v) is 5.43. The molecule has 1 aliphatic rings. The average Bonchev–Trinajstić information content (AvgIpc) is 2.76. The molecule has 0 bridgehead atoms. The number of hydrogen-bond donors (Lipinski definition) is 1. The van der Waals surface area contributed by atoms with Crippen molar-refractivity contribution in [1.82, 2.24) is 9.97 Å². The van der Waals surface area contributed by atoms with Crippen LogP contribution < -0.4 is 5.32 Å². The van der Waals surface area contributed by atoms with Gasteiger partial charge < -0.3 is 10.1 Å². The molecule has 2 rings (SSSR count). The number of rotatable bonds is 4. The molecule has 0 saturated carbocycles. The first-order chi connectivity index (χ1) is 8.94. The van der Waals surface area contributed by atoms with Gasteiger partial charge in [0.1, 0.15) is 11.4 Å². The lowest BCUT2D eigenvalue weighted by Crippen LogP contribution is -2.42. The quantitative estimate of drug-likeness (QED) is 0.679. The topological polar surface area (TPSA) is 64.1 Å². The van der Waals surface area contributed by atoms with Crippen LogP contribution in [-0.2, 0) is 22.4 Å². The number of hydrogen-bond acceptors (Lipinski definition) is 5. The summed E-state index contributed by atoms with van der Waals surface area (Å²) in [4.78, 5) is 20.3. The number of nitrogens with zero attached hydrogens (tertiary/aromatic N) is 2. The third-order valence-electron chi connectivity index (χ3n) is 3.12. The third kappa shape index (κ3) is 2.97. The Morgan fingerprint density at radius 1 is 1.42 bits per heavy atom. The monoisotopic (exact) mass is 283 g/mol. The minimum Gasteiger partial charge on any atom is -0.464 e. The number of nitrogens with one attached hydrogen (secondary N) is 1. The molecule has 0 spiro atoms. The van der Waals surface area contributed by atoms with Crippen LogP contribution in [0, 0.1) is 0 Å². The zero-order valence-corrected chi connectivity index (χ0v) is 12.2. The van der Waals surface area contributed by atoms with E-state index in [-0.39, 0.29) is 11.3 Å².